The van der Waals surface area contributed by atoms with Crippen molar-refractivity contribution in [3.8, 4) is 5.75 Å². The van der Waals surface area contributed by atoms with E-state index in [0.717, 1.165) is 34.8 Å². The van der Waals surface area contributed by atoms with E-state index in [9.17, 15) is 4.79 Å². The number of para-hydroxylation sites is 2. The normalized spacial score (nSPS) is 16.3. The molecular weight excluding hydrogens is 386 g/mol. The van der Waals surface area contributed by atoms with Crippen molar-refractivity contribution in [2.24, 2.45) is 0 Å². The molecule has 3 aromatic carbocycles. The SMILES string of the molecule is COc1ccc(N2CC(c3nc4ccccc4n3Cc3ccccc3C)CC2=O)cc1. The summed E-state index contributed by atoms with van der Waals surface area (Å²) in [5, 5.41) is 0. The molecule has 0 spiro atoms. The van der Waals surface area contributed by atoms with Gasteiger partial charge in [0.2, 0.25) is 5.91 Å². The maximum Gasteiger partial charge on any atom is 0.227 e. The molecule has 0 aliphatic carbocycles. The van der Waals surface area contributed by atoms with Crippen LogP contribution < -0.4 is 9.64 Å². The van der Waals surface area contributed by atoms with Crippen molar-refractivity contribution in [2.75, 3.05) is 18.6 Å². The van der Waals surface area contributed by atoms with Crippen molar-refractivity contribution in [1.82, 2.24) is 9.55 Å². The number of nitrogens with zero attached hydrogens (tertiary/aromatic N) is 3. The molecule has 1 fully saturated rings. The van der Waals surface area contributed by atoms with Gasteiger partial charge in [-0.25, -0.2) is 4.98 Å². The first-order valence-electron chi connectivity index (χ1n) is 10.6. The largest absolute Gasteiger partial charge is 0.497 e. The predicted molar refractivity (Wildman–Crippen MR) is 123 cm³/mol. The van der Waals surface area contributed by atoms with Crippen LogP contribution in [0.5, 0.6) is 5.75 Å². The quantitative estimate of drug-likeness (QED) is 0.468. The summed E-state index contributed by atoms with van der Waals surface area (Å²) in [5.41, 5.74) is 5.50. The van der Waals surface area contributed by atoms with Gasteiger partial charge in [0.25, 0.3) is 0 Å². The maximum atomic E-state index is 12.9. The summed E-state index contributed by atoms with van der Waals surface area (Å²) in [4.78, 5) is 19.7. The summed E-state index contributed by atoms with van der Waals surface area (Å²) in [6.45, 7) is 3.51. The first kappa shape index (κ1) is 19.4. The monoisotopic (exact) mass is 411 g/mol. The second kappa shape index (κ2) is 7.91. The van der Waals surface area contributed by atoms with Crippen LogP contribution in [0.25, 0.3) is 11.0 Å². The number of ether oxygens (including phenoxy) is 1. The van der Waals surface area contributed by atoms with Crippen LogP contribution in [0.3, 0.4) is 0 Å². The fourth-order valence-electron chi connectivity index (χ4n) is 4.42. The Bertz CT molecular complexity index is 1240. The number of fused-ring (bicyclic) bond motifs is 1. The number of anilines is 1. The molecule has 1 amide bonds. The van der Waals surface area contributed by atoms with E-state index in [1.54, 1.807) is 7.11 Å². The fraction of sp³-hybridized carbons (Fsp3) is 0.231. The minimum absolute atomic E-state index is 0.0472. The first-order valence-corrected chi connectivity index (χ1v) is 10.6. The topological polar surface area (TPSA) is 47.4 Å². The lowest BCUT2D eigenvalue weighted by Gasteiger charge is -2.18. The zero-order chi connectivity index (χ0) is 21.4. The van der Waals surface area contributed by atoms with Gasteiger partial charge in [-0.1, -0.05) is 36.4 Å². The van der Waals surface area contributed by atoms with Crippen molar-refractivity contribution < 1.29 is 9.53 Å². The molecule has 0 N–H and O–H groups in total. The van der Waals surface area contributed by atoms with E-state index in [-0.39, 0.29) is 11.8 Å². The van der Waals surface area contributed by atoms with E-state index < -0.39 is 0 Å². The molecule has 156 valence electrons. The van der Waals surface area contributed by atoms with Crippen LogP contribution in [0.4, 0.5) is 5.69 Å². The van der Waals surface area contributed by atoms with Crippen molar-refractivity contribution in [3.63, 3.8) is 0 Å². The lowest BCUT2D eigenvalue weighted by Crippen LogP contribution is -2.24. The number of aromatic nitrogens is 2. The van der Waals surface area contributed by atoms with Crippen molar-refractivity contribution >= 4 is 22.6 Å². The van der Waals surface area contributed by atoms with Crippen LogP contribution in [0.15, 0.2) is 72.8 Å². The molecule has 1 aliphatic rings. The average molecular weight is 412 g/mol. The highest BCUT2D eigenvalue weighted by atomic mass is 16.5. The molecule has 1 atom stereocenters. The zero-order valence-corrected chi connectivity index (χ0v) is 17.8. The molecule has 5 heteroatoms. The van der Waals surface area contributed by atoms with Gasteiger partial charge >= 0.3 is 0 Å². The summed E-state index contributed by atoms with van der Waals surface area (Å²) < 4.78 is 7.53. The fourth-order valence-corrected chi connectivity index (χ4v) is 4.42. The number of rotatable bonds is 5. The summed E-state index contributed by atoms with van der Waals surface area (Å²) in [6, 6.07) is 24.3. The molecule has 0 saturated carbocycles. The highest BCUT2D eigenvalue weighted by Crippen LogP contribution is 2.34. The number of benzene rings is 3. The maximum absolute atomic E-state index is 12.9. The summed E-state index contributed by atoms with van der Waals surface area (Å²) in [7, 11) is 1.64. The number of methoxy groups -OCH3 is 1. The number of hydrogen-bond donors (Lipinski definition) is 0. The molecule has 0 bridgehead atoms. The van der Waals surface area contributed by atoms with E-state index in [1.807, 2.05) is 47.4 Å². The van der Waals surface area contributed by atoms with Gasteiger partial charge < -0.3 is 14.2 Å². The van der Waals surface area contributed by atoms with Crippen molar-refractivity contribution in [3.05, 3.63) is 89.7 Å². The summed E-state index contributed by atoms with van der Waals surface area (Å²) >= 11 is 0. The third kappa shape index (κ3) is 3.56. The highest BCUT2D eigenvalue weighted by molar-refractivity contribution is 5.96. The van der Waals surface area contributed by atoms with Gasteiger partial charge in [0.05, 0.1) is 18.1 Å². The average Bonchev–Trinajstić information content (AvgIpc) is 3.36. The van der Waals surface area contributed by atoms with Crippen molar-refractivity contribution in [1.29, 1.82) is 0 Å². The Labute approximate surface area is 181 Å². The number of amides is 1. The number of hydrogen-bond acceptors (Lipinski definition) is 3. The molecule has 5 nitrogen and oxygen atoms in total. The number of carbonyl (C=O) groups is 1. The molecule has 31 heavy (non-hydrogen) atoms. The van der Waals surface area contributed by atoms with E-state index in [0.29, 0.717) is 13.0 Å². The smallest absolute Gasteiger partial charge is 0.227 e. The Balaban J connectivity index is 1.51. The van der Waals surface area contributed by atoms with Gasteiger partial charge in [0.1, 0.15) is 11.6 Å². The Morgan fingerprint density at radius 3 is 2.52 bits per heavy atom. The van der Waals surface area contributed by atoms with Crippen LogP contribution in [-0.4, -0.2) is 29.1 Å². The second-order valence-corrected chi connectivity index (χ2v) is 8.07. The first-order chi connectivity index (χ1) is 15.1. The lowest BCUT2D eigenvalue weighted by molar-refractivity contribution is -0.117. The van der Waals surface area contributed by atoms with Gasteiger partial charge in [-0.2, -0.15) is 0 Å². The molecule has 1 aliphatic heterocycles. The van der Waals surface area contributed by atoms with Gasteiger partial charge in [-0.3, -0.25) is 4.79 Å². The van der Waals surface area contributed by atoms with E-state index in [2.05, 4.69) is 41.8 Å². The minimum atomic E-state index is 0.0472. The third-order valence-corrected chi connectivity index (χ3v) is 6.15. The molecule has 1 aromatic heterocycles. The van der Waals surface area contributed by atoms with Gasteiger partial charge in [-0.05, 0) is 54.4 Å². The number of carbonyl (C=O) groups excluding carboxylic acids is 1. The van der Waals surface area contributed by atoms with Crippen molar-refractivity contribution in [2.45, 2.75) is 25.8 Å². The van der Waals surface area contributed by atoms with Gasteiger partial charge in [0, 0.05) is 31.1 Å². The minimum Gasteiger partial charge on any atom is -0.497 e. The van der Waals surface area contributed by atoms with E-state index in [4.69, 9.17) is 9.72 Å². The van der Waals surface area contributed by atoms with Crippen LogP contribution in [-0.2, 0) is 11.3 Å². The Hall–Kier alpha value is -3.60. The van der Waals surface area contributed by atoms with Crippen LogP contribution in [0.2, 0.25) is 0 Å². The second-order valence-electron chi connectivity index (χ2n) is 8.07. The molecule has 1 saturated heterocycles. The Morgan fingerprint density at radius 2 is 1.74 bits per heavy atom. The predicted octanol–water partition coefficient (Wildman–Crippen LogP) is 4.92. The molecular formula is C26H25N3O2. The lowest BCUT2D eigenvalue weighted by atomic mass is 10.1. The third-order valence-electron chi connectivity index (χ3n) is 6.15. The summed E-state index contributed by atoms with van der Waals surface area (Å²) in [5.74, 6) is 1.94. The molecule has 1 unspecified atom stereocenters. The van der Waals surface area contributed by atoms with E-state index >= 15 is 0 Å². The number of imidazole rings is 1. The number of aryl methyl sites for hydroxylation is 1. The summed E-state index contributed by atoms with van der Waals surface area (Å²) in [6.07, 6.45) is 0.461. The molecule has 0 radical (unpaired) electrons. The molecule has 5 rings (SSSR count). The van der Waals surface area contributed by atoms with Crippen LogP contribution in [0.1, 0.15) is 29.3 Å². The molecule has 2 heterocycles. The highest BCUT2D eigenvalue weighted by Gasteiger charge is 2.34. The van der Waals surface area contributed by atoms with E-state index in [1.165, 1.54) is 11.1 Å². The van der Waals surface area contributed by atoms with Crippen LogP contribution in [0, 0.1) is 6.92 Å². The van der Waals surface area contributed by atoms with Gasteiger partial charge in [-0.15, -0.1) is 0 Å². The van der Waals surface area contributed by atoms with Crippen LogP contribution >= 0.6 is 0 Å². The Kier molecular flexibility index (Phi) is 4.94. The Morgan fingerprint density at radius 1 is 1.00 bits per heavy atom. The zero-order valence-electron chi connectivity index (χ0n) is 17.8. The van der Waals surface area contributed by atoms with Gasteiger partial charge in [0.15, 0.2) is 0 Å². The molecule has 4 aromatic rings. The standard InChI is InChI=1S/C26H25N3O2/c1-18-7-3-4-8-19(18)16-29-24-10-6-5-9-23(24)27-26(29)20-15-25(30)28(17-20)21-11-13-22(31-2)14-12-21/h3-14,20H,15-17H2,1-2H3.